The third kappa shape index (κ3) is 5.74. The van der Waals surface area contributed by atoms with Crippen molar-refractivity contribution in [2.45, 2.75) is 19.3 Å². The van der Waals surface area contributed by atoms with Crippen molar-refractivity contribution in [3.8, 4) is 5.75 Å². The van der Waals surface area contributed by atoms with Gasteiger partial charge in [0.25, 0.3) is 0 Å². The Morgan fingerprint density at radius 1 is 1.13 bits per heavy atom. The topological polar surface area (TPSA) is 94.8 Å². The highest BCUT2D eigenvalue weighted by Gasteiger charge is 2.38. The van der Waals surface area contributed by atoms with Crippen molar-refractivity contribution >= 4 is 30.2 Å². The second kappa shape index (κ2) is 8.95. The Kier molecular flexibility index (Phi) is 6.52. The van der Waals surface area contributed by atoms with E-state index in [1.165, 1.54) is 30.3 Å². The molecule has 0 aliphatic carbocycles. The lowest BCUT2D eigenvalue weighted by Gasteiger charge is -2.18. The summed E-state index contributed by atoms with van der Waals surface area (Å²) >= 11 is 0. The molecule has 1 atom stereocenters. The van der Waals surface area contributed by atoms with Crippen LogP contribution in [0.5, 0.6) is 5.75 Å². The van der Waals surface area contributed by atoms with Gasteiger partial charge in [0.15, 0.2) is 0 Å². The fourth-order valence-corrected chi connectivity index (χ4v) is 4.36. The third-order valence-corrected chi connectivity index (χ3v) is 5.90. The van der Waals surface area contributed by atoms with Crippen molar-refractivity contribution in [2.24, 2.45) is 0 Å². The molecule has 0 aliphatic rings. The van der Waals surface area contributed by atoms with Crippen LogP contribution in [-0.4, -0.2) is 18.7 Å². The van der Waals surface area contributed by atoms with Crippen LogP contribution in [-0.2, 0) is 20.0 Å². The van der Waals surface area contributed by atoms with Gasteiger partial charge in [0.2, 0.25) is 5.75 Å². The smallest absolute Gasteiger partial charge is 0.420 e. The van der Waals surface area contributed by atoms with E-state index in [4.69, 9.17) is 13.5 Å². The van der Waals surface area contributed by atoms with Gasteiger partial charge in [-0.2, -0.15) is 13.2 Å². The van der Waals surface area contributed by atoms with Crippen LogP contribution < -0.4 is 15.5 Å². The lowest BCUT2D eigenvalue weighted by molar-refractivity contribution is -0.167. The Labute approximate surface area is 174 Å². The summed E-state index contributed by atoms with van der Waals surface area (Å²) in [5.41, 5.74) is -0.188. The van der Waals surface area contributed by atoms with Gasteiger partial charge in [0.05, 0.1) is 12.8 Å². The highest BCUT2D eigenvalue weighted by Crippen LogP contribution is 2.51. The standard InChI is InChI=1S/C20H17F3NO6P/c1-2-28-31(27,30-17-11-14-5-3-4-6-16(14)29-18(17)25)12-13-7-9-15(10-8-13)24-19(26)20(21,22)23/h3-11H,2,12H2,1H3,(H,24,26). The lowest BCUT2D eigenvalue weighted by Crippen LogP contribution is -2.29. The summed E-state index contributed by atoms with van der Waals surface area (Å²) in [5, 5.41) is 2.27. The maximum absolute atomic E-state index is 13.2. The zero-order valence-electron chi connectivity index (χ0n) is 16.1. The Morgan fingerprint density at radius 3 is 2.45 bits per heavy atom. The van der Waals surface area contributed by atoms with E-state index >= 15 is 0 Å². The number of para-hydroxylation sites is 1. The van der Waals surface area contributed by atoms with E-state index in [9.17, 15) is 27.3 Å². The van der Waals surface area contributed by atoms with E-state index in [1.54, 1.807) is 36.5 Å². The van der Waals surface area contributed by atoms with E-state index in [0.717, 1.165) is 0 Å². The first-order valence-electron chi connectivity index (χ1n) is 9.03. The molecule has 1 N–H and O–H groups in total. The summed E-state index contributed by atoms with van der Waals surface area (Å²) in [6.07, 6.45) is -5.28. The number of hydrogen-bond acceptors (Lipinski definition) is 6. The predicted octanol–water partition coefficient (Wildman–Crippen LogP) is 5.10. The van der Waals surface area contributed by atoms with E-state index in [2.05, 4.69) is 0 Å². The molecule has 0 spiro atoms. The summed E-state index contributed by atoms with van der Waals surface area (Å²) in [6.45, 7) is 1.62. The molecule has 1 aromatic heterocycles. The number of carbonyl (C=O) groups excluding carboxylic acids is 1. The fraction of sp³-hybridized carbons (Fsp3) is 0.200. The number of benzene rings is 2. The van der Waals surface area contributed by atoms with Crippen LogP contribution >= 0.6 is 7.60 Å². The van der Waals surface area contributed by atoms with Crippen LogP contribution in [0.2, 0.25) is 0 Å². The SMILES string of the molecule is CCOP(=O)(Cc1ccc(NC(=O)C(F)(F)F)cc1)Oc1cc2ccccc2oc1=O. The van der Waals surface area contributed by atoms with Gasteiger partial charge in [-0.1, -0.05) is 30.3 Å². The molecule has 7 nitrogen and oxygen atoms in total. The Hall–Kier alpha value is -3.10. The van der Waals surface area contributed by atoms with E-state index in [1.807, 2.05) is 0 Å². The quantitative estimate of drug-likeness (QED) is 0.393. The minimum atomic E-state index is -5.02. The Morgan fingerprint density at radius 2 is 1.81 bits per heavy atom. The second-order valence-electron chi connectivity index (χ2n) is 6.36. The monoisotopic (exact) mass is 455 g/mol. The van der Waals surface area contributed by atoms with Gasteiger partial charge >= 0.3 is 25.3 Å². The molecule has 1 unspecified atom stereocenters. The van der Waals surface area contributed by atoms with Crippen molar-refractivity contribution in [1.82, 2.24) is 0 Å². The third-order valence-electron chi connectivity index (χ3n) is 4.02. The van der Waals surface area contributed by atoms with Gasteiger partial charge < -0.3 is 14.3 Å². The van der Waals surface area contributed by atoms with Crippen LogP contribution in [0.15, 0.2) is 63.8 Å². The Bertz CT molecular complexity index is 1190. The van der Waals surface area contributed by atoms with Crippen LogP contribution in [0, 0.1) is 0 Å². The van der Waals surface area contributed by atoms with E-state index < -0.39 is 25.3 Å². The molecule has 11 heteroatoms. The largest absolute Gasteiger partial charge is 0.471 e. The molecular weight excluding hydrogens is 438 g/mol. The van der Waals surface area contributed by atoms with Crippen molar-refractivity contribution < 1.29 is 36.0 Å². The first-order chi connectivity index (χ1) is 14.6. The van der Waals surface area contributed by atoms with Gasteiger partial charge in [-0.3, -0.25) is 9.32 Å². The highest BCUT2D eigenvalue weighted by atomic mass is 31.2. The zero-order chi connectivity index (χ0) is 22.6. The number of hydrogen-bond donors (Lipinski definition) is 1. The van der Waals surface area contributed by atoms with Crippen LogP contribution in [0.1, 0.15) is 12.5 Å². The molecule has 164 valence electrons. The number of halogens is 3. The maximum Gasteiger partial charge on any atom is 0.471 e. The molecule has 3 aromatic rings. The molecule has 0 fully saturated rings. The number of rotatable bonds is 7. The van der Waals surface area contributed by atoms with Gasteiger partial charge in [-0.25, -0.2) is 9.36 Å². The fourth-order valence-electron chi connectivity index (χ4n) is 2.68. The second-order valence-corrected chi connectivity index (χ2v) is 8.34. The maximum atomic E-state index is 13.2. The number of amides is 1. The molecular formula is C20H17F3NO6P. The number of alkyl halides is 3. The first kappa shape index (κ1) is 22.6. The molecule has 0 radical (unpaired) electrons. The summed E-state index contributed by atoms with van der Waals surface area (Å²) in [4.78, 5) is 23.2. The van der Waals surface area contributed by atoms with Gasteiger partial charge in [0.1, 0.15) is 5.58 Å². The average Bonchev–Trinajstić information content (AvgIpc) is 2.69. The summed E-state index contributed by atoms with van der Waals surface area (Å²) in [5.74, 6) is -2.39. The lowest BCUT2D eigenvalue weighted by atomic mass is 10.2. The summed E-state index contributed by atoms with van der Waals surface area (Å²) in [6, 6.07) is 13.3. The van der Waals surface area contributed by atoms with Crippen LogP contribution in [0.25, 0.3) is 11.0 Å². The molecule has 1 amide bonds. The molecule has 31 heavy (non-hydrogen) atoms. The first-order valence-corrected chi connectivity index (χ1v) is 10.8. The molecule has 0 saturated heterocycles. The molecule has 3 rings (SSSR count). The molecule has 2 aromatic carbocycles. The van der Waals surface area contributed by atoms with E-state index in [0.29, 0.717) is 16.5 Å². The minimum Gasteiger partial charge on any atom is -0.420 e. The summed E-state index contributed by atoms with van der Waals surface area (Å²) in [7, 11) is -3.86. The highest BCUT2D eigenvalue weighted by molar-refractivity contribution is 7.53. The van der Waals surface area contributed by atoms with Crippen molar-refractivity contribution in [3.05, 3.63) is 70.6 Å². The van der Waals surface area contributed by atoms with Gasteiger partial charge in [-0.05, 0) is 36.8 Å². The van der Waals surface area contributed by atoms with E-state index in [-0.39, 0.29) is 24.2 Å². The van der Waals surface area contributed by atoms with Gasteiger partial charge in [0, 0.05) is 11.1 Å². The van der Waals surface area contributed by atoms with Gasteiger partial charge in [-0.15, -0.1) is 0 Å². The number of fused-ring (bicyclic) bond motifs is 1. The molecule has 0 aliphatic heterocycles. The zero-order valence-corrected chi connectivity index (χ0v) is 17.0. The van der Waals surface area contributed by atoms with Crippen molar-refractivity contribution in [3.63, 3.8) is 0 Å². The molecule has 0 saturated carbocycles. The Balaban J connectivity index is 1.80. The minimum absolute atomic E-state index is 0.0237. The molecule has 0 bridgehead atoms. The number of anilines is 1. The van der Waals surface area contributed by atoms with Crippen molar-refractivity contribution in [2.75, 3.05) is 11.9 Å². The van der Waals surface area contributed by atoms with Crippen LogP contribution in [0.3, 0.4) is 0 Å². The average molecular weight is 455 g/mol. The van der Waals surface area contributed by atoms with Crippen molar-refractivity contribution in [1.29, 1.82) is 0 Å². The normalized spacial score (nSPS) is 13.5. The predicted molar refractivity (Wildman–Crippen MR) is 107 cm³/mol. The summed E-state index contributed by atoms with van der Waals surface area (Å²) < 4.78 is 66.1. The molecule has 1 heterocycles. The van der Waals surface area contributed by atoms with Crippen LogP contribution in [0.4, 0.5) is 18.9 Å². The number of nitrogens with one attached hydrogen (secondary N) is 1. The number of carbonyl (C=O) groups is 1.